The van der Waals surface area contributed by atoms with Crippen LogP contribution >= 0.6 is 35.0 Å². The van der Waals surface area contributed by atoms with Gasteiger partial charge < -0.3 is 10.1 Å². The number of anilines is 1. The largest absolute Gasteiger partial charge is 0.439 e. The topological polar surface area (TPSA) is 47.0 Å². The number of halogens is 2. The van der Waals surface area contributed by atoms with Gasteiger partial charge in [0.05, 0.1) is 0 Å². The summed E-state index contributed by atoms with van der Waals surface area (Å²) in [5.74, 6) is 1.70. The molecule has 2 aromatic rings. The van der Waals surface area contributed by atoms with Gasteiger partial charge in [0.15, 0.2) is 5.16 Å². The zero-order valence-corrected chi connectivity index (χ0v) is 13.3. The first kappa shape index (κ1) is 15.2. The van der Waals surface area contributed by atoms with E-state index in [0.29, 0.717) is 26.8 Å². The summed E-state index contributed by atoms with van der Waals surface area (Å²) < 4.78 is 5.70. The molecule has 0 aliphatic rings. The molecule has 0 amide bonds. The van der Waals surface area contributed by atoms with Crippen LogP contribution in [0.3, 0.4) is 0 Å². The van der Waals surface area contributed by atoms with Crippen molar-refractivity contribution in [1.29, 1.82) is 0 Å². The minimum atomic E-state index is 0.443. The highest BCUT2D eigenvalue weighted by Gasteiger charge is 2.07. The SMILES string of the molecule is CCNc1cc(Oc2cc(Cl)cc(Cl)c2)nc(SC)n1. The molecule has 20 heavy (non-hydrogen) atoms. The van der Waals surface area contributed by atoms with Gasteiger partial charge in [-0.2, -0.15) is 4.98 Å². The summed E-state index contributed by atoms with van der Waals surface area (Å²) in [5, 5.41) is 4.79. The van der Waals surface area contributed by atoms with Gasteiger partial charge in [-0.15, -0.1) is 0 Å². The molecule has 7 heteroatoms. The number of nitrogens with one attached hydrogen (secondary N) is 1. The van der Waals surface area contributed by atoms with Gasteiger partial charge in [0, 0.05) is 22.7 Å². The zero-order valence-electron chi connectivity index (χ0n) is 11.0. The van der Waals surface area contributed by atoms with Crippen molar-refractivity contribution in [1.82, 2.24) is 9.97 Å². The molecule has 106 valence electrons. The van der Waals surface area contributed by atoms with Crippen LogP contribution in [-0.4, -0.2) is 22.8 Å². The third-order valence-corrected chi connectivity index (χ3v) is 3.27. The fourth-order valence-corrected chi connectivity index (χ4v) is 2.40. The van der Waals surface area contributed by atoms with Gasteiger partial charge in [-0.1, -0.05) is 35.0 Å². The fraction of sp³-hybridized carbons (Fsp3) is 0.231. The third-order valence-electron chi connectivity index (χ3n) is 2.28. The molecule has 0 fully saturated rings. The van der Waals surface area contributed by atoms with E-state index >= 15 is 0 Å². The lowest BCUT2D eigenvalue weighted by molar-refractivity contribution is 0.456. The maximum atomic E-state index is 5.94. The standard InChI is InChI=1S/C13H13Cl2N3OS/c1-3-16-11-7-12(18-13(17-11)20-2)19-10-5-8(14)4-9(15)6-10/h4-7H,3H2,1-2H3,(H,16,17,18). The van der Waals surface area contributed by atoms with Crippen molar-refractivity contribution in [2.75, 3.05) is 18.1 Å². The van der Waals surface area contributed by atoms with E-state index < -0.39 is 0 Å². The summed E-state index contributed by atoms with van der Waals surface area (Å²) in [7, 11) is 0. The van der Waals surface area contributed by atoms with E-state index in [1.807, 2.05) is 13.2 Å². The fourth-order valence-electron chi connectivity index (χ4n) is 1.53. The van der Waals surface area contributed by atoms with Crippen LogP contribution in [0.15, 0.2) is 29.4 Å². The molecule has 1 N–H and O–H groups in total. The highest BCUT2D eigenvalue weighted by atomic mass is 35.5. The molecule has 1 aromatic heterocycles. The molecule has 0 aliphatic carbocycles. The Morgan fingerprint density at radius 3 is 2.45 bits per heavy atom. The zero-order chi connectivity index (χ0) is 14.5. The monoisotopic (exact) mass is 329 g/mol. The molecule has 0 saturated carbocycles. The smallest absolute Gasteiger partial charge is 0.225 e. The molecule has 1 heterocycles. The minimum absolute atomic E-state index is 0.443. The van der Waals surface area contributed by atoms with Gasteiger partial charge in [0.2, 0.25) is 5.88 Å². The van der Waals surface area contributed by atoms with E-state index in [1.54, 1.807) is 24.3 Å². The van der Waals surface area contributed by atoms with E-state index in [-0.39, 0.29) is 0 Å². The van der Waals surface area contributed by atoms with Gasteiger partial charge >= 0.3 is 0 Å². The number of ether oxygens (including phenoxy) is 1. The molecule has 0 radical (unpaired) electrons. The Morgan fingerprint density at radius 2 is 1.85 bits per heavy atom. The predicted octanol–water partition coefficient (Wildman–Crippen LogP) is 4.73. The van der Waals surface area contributed by atoms with E-state index in [9.17, 15) is 0 Å². The molecule has 4 nitrogen and oxygen atoms in total. The van der Waals surface area contributed by atoms with Crippen LogP contribution in [0.25, 0.3) is 0 Å². The molecule has 2 rings (SSSR count). The van der Waals surface area contributed by atoms with E-state index in [4.69, 9.17) is 27.9 Å². The Balaban J connectivity index is 2.29. The normalized spacial score (nSPS) is 10.4. The molecule has 0 saturated heterocycles. The Hall–Kier alpha value is -1.17. The number of rotatable bonds is 5. The Kier molecular flexibility index (Phi) is 5.34. The number of nitrogens with zero attached hydrogens (tertiary/aromatic N) is 2. The molecular formula is C13H13Cl2N3OS. The molecule has 0 spiro atoms. The Labute approximate surface area is 131 Å². The molecule has 0 unspecified atom stereocenters. The summed E-state index contributed by atoms with van der Waals surface area (Å²) in [6.07, 6.45) is 1.91. The van der Waals surface area contributed by atoms with Crippen molar-refractivity contribution < 1.29 is 4.74 Å². The summed E-state index contributed by atoms with van der Waals surface area (Å²) in [6, 6.07) is 6.74. The van der Waals surface area contributed by atoms with Crippen LogP contribution < -0.4 is 10.1 Å². The number of hydrogen-bond donors (Lipinski definition) is 1. The van der Waals surface area contributed by atoms with E-state index in [0.717, 1.165) is 12.4 Å². The summed E-state index contributed by atoms with van der Waals surface area (Å²) in [4.78, 5) is 8.62. The molecule has 0 atom stereocenters. The van der Waals surface area contributed by atoms with Crippen LogP contribution in [0.1, 0.15) is 6.92 Å². The first-order valence-corrected chi connectivity index (χ1v) is 7.89. The Bertz CT molecular complexity index is 590. The number of aromatic nitrogens is 2. The van der Waals surface area contributed by atoms with Gasteiger partial charge in [0.25, 0.3) is 0 Å². The first-order valence-electron chi connectivity index (χ1n) is 5.91. The highest BCUT2D eigenvalue weighted by molar-refractivity contribution is 7.98. The van der Waals surface area contributed by atoms with Crippen LogP contribution in [0.5, 0.6) is 11.6 Å². The van der Waals surface area contributed by atoms with Crippen molar-refractivity contribution >= 4 is 40.8 Å². The third kappa shape index (κ3) is 4.16. The van der Waals surface area contributed by atoms with Gasteiger partial charge in [-0.3, -0.25) is 0 Å². The lowest BCUT2D eigenvalue weighted by Gasteiger charge is -2.09. The van der Waals surface area contributed by atoms with E-state index in [1.165, 1.54) is 11.8 Å². The Morgan fingerprint density at radius 1 is 1.15 bits per heavy atom. The molecule has 0 bridgehead atoms. The van der Waals surface area contributed by atoms with Crippen molar-refractivity contribution in [3.8, 4) is 11.6 Å². The van der Waals surface area contributed by atoms with Crippen molar-refractivity contribution in [3.63, 3.8) is 0 Å². The molecule has 1 aromatic carbocycles. The van der Waals surface area contributed by atoms with Gasteiger partial charge in [-0.25, -0.2) is 4.98 Å². The summed E-state index contributed by atoms with van der Waals surface area (Å²) in [5.41, 5.74) is 0. The number of thioether (sulfide) groups is 1. The van der Waals surface area contributed by atoms with Crippen LogP contribution in [0, 0.1) is 0 Å². The van der Waals surface area contributed by atoms with Gasteiger partial charge in [-0.05, 0) is 31.4 Å². The van der Waals surface area contributed by atoms with Gasteiger partial charge in [0.1, 0.15) is 11.6 Å². The van der Waals surface area contributed by atoms with Crippen molar-refractivity contribution in [2.24, 2.45) is 0 Å². The lowest BCUT2D eigenvalue weighted by atomic mass is 10.3. The van der Waals surface area contributed by atoms with E-state index in [2.05, 4.69) is 15.3 Å². The summed E-state index contributed by atoms with van der Waals surface area (Å²) >= 11 is 13.3. The molecule has 0 aliphatic heterocycles. The predicted molar refractivity (Wildman–Crippen MR) is 84.5 cm³/mol. The lowest BCUT2D eigenvalue weighted by Crippen LogP contribution is -2.02. The van der Waals surface area contributed by atoms with Crippen LogP contribution in [0.2, 0.25) is 10.0 Å². The maximum Gasteiger partial charge on any atom is 0.225 e. The van der Waals surface area contributed by atoms with Crippen molar-refractivity contribution in [3.05, 3.63) is 34.3 Å². The second kappa shape index (κ2) is 7.02. The quantitative estimate of drug-likeness (QED) is 0.634. The number of hydrogen-bond acceptors (Lipinski definition) is 5. The van der Waals surface area contributed by atoms with Crippen molar-refractivity contribution in [2.45, 2.75) is 12.1 Å². The number of benzene rings is 1. The van der Waals surface area contributed by atoms with Crippen LogP contribution in [0.4, 0.5) is 5.82 Å². The van der Waals surface area contributed by atoms with Crippen LogP contribution in [-0.2, 0) is 0 Å². The highest BCUT2D eigenvalue weighted by Crippen LogP contribution is 2.29. The maximum absolute atomic E-state index is 5.94. The second-order valence-corrected chi connectivity index (χ2v) is 5.46. The average Bonchev–Trinajstić information content (AvgIpc) is 2.37. The first-order chi connectivity index (χ1) is 9.60. The minimum Gasteiger partial charge on any atom is -0.439 e. The average molecular weight is 330 g/mol. The second-order valence-electron chi connectivity index (χ2n) is 3.82. The summed E-state index contributed by atoms with van der Waals surface area (Å²) in [6.45, 7) is 2.77. The molecular weight excluding hydrogens is 317 g/mol.